The Morgan fingerprint density at radius 1 is 0.739 bits per heavy atom. The van der Waals surface area contributed by atoms with Crippen molar-refractivity contribution in [2.24, 2.45) is 0 Å². The van der Waals surface area contributed by atoms with Crippen molar-refractivity contribution in [3.63, 3.8) is 0 Å². The van der Waals surface area contributed by atoms with Crippen LogP contribution in [-0.4, -0.2) is 76.1 Å². The van der Waals surface area contributed by atoms with Crippen molar-refractivity contribution in [2.45, 2.75) is 199 Å². The molecule has 0 aliphatic carbocycles. The van der Waals surface area contributed by atoms with Crippen LogP contribution in [0.15, 0.2) is 12.2 Å². The maximum atomic E-state index is 13.1. The van der Waals surface area contributed by atoms with E-state index in [9.17, 15) is 29.7 Å². The Bertz CT molecular complexity index is 847. The van der Waals surface area contributed by atoms with Crippen molar-refractivity contribution in [1.82, 2.24) is 0 Å². The molecule has 10 nitrogen and oxygen atoms in total. The third-order valence-electron chi connectivity index (χ3n) is 8.45. The van der Waals surface area contributed by atoms with E-state index in [0.29, 0.717) is 12.8 Å². The summed E-state index contributed by atoms with van der Waals surface area (Å²) < 4.78 is 23.3. The van der Waals surface area contributed by atoms with Crippen LogP contribution in [0, 0.1) is 0 Å². The number of aliphatic hydroxyl groups excluding tert-OH is 2. The van der Waals surface area contributed by atoms with Gasteiger partial charge in [0, 0.05) is 6.08 Å². The highest BCUT2D eigenvalue weighted by Gasteiger charge is 2.46. The fourth-order valence-corrected chi connectivity index (χ4v) is 5.63. The highest BCUT2D eigenvalue weighted by atomic mass is 16.7. The molecule has 0 aromatic rings. The van der Waals surface area contributed by atoms with Crippen LogP contribution in [0.2, 0.25) is 0 Å². The molecular weight excluding hydrogens is 592 g/mol. The number of unbranched alkanes of at least 4 members (excludes halogenated alkanes) is 13. The van der Waals surface area contributed by atoms with Crippen LogP contribution in [0.3, 0.4) is 0 Å². The van der Waals surface area contributed by atoms with E-state index in [0.717, 1.165) is 96.3 Å². The zero-order valence-corrected chi connectivity index (χ0v) is 29.0. The van der Waals surface area contributed by atoms with E-state index in [-0.39, 0.29) is 12.8 Å². The summed E-state index contributed by atoms with van der Waals surface area (Å²) in [5.74, 6) is -2.27. The number of hydrogen-bond acceptors (Lipinski definition) is 9. The maximum Gasteiger partial charge on any atom is 0.330 e. The maximum absolute atomic E-state index is 13.1. The Labute approximate surface area is 277 Å². The van der Waals surface area contributed by atoms with Crippen LogP contribution in [0.4, 0.5) is 0 Å². The summed E-state index contributed by atoms with van der Waals surface area (Å²) in [6.07, 6.45) is 12.3. The number of rotatable bonds is 27. The van der Waals surface area contributed by atoms with Crippen LogP contribution >= 0.6 is 0 Å². The summed E-state index contributed by atoms with van der Waals surface area (Å²) >= 11 is 0. The number of carbonyl (C=O) groups is 3. The zero-order valence-electron chi connectivity index (χ0n) is 29.0. The second-order valence-corrected chi connectivity index (χ2v) is 12.8. The van der Waals surface area contributed by atoms with Crippen molar-refractivity contribution < 1.29 is 48.7 Å². The van der Waals surface area contributed by atoms with Crippen molar-refractivity contribution in [3.8, 4) is 0 Å². The van der Waals surface area contributed by atoms with Crippen molar-refractivity contribution >= 4 is 17.9 Å². The summed E-state index contributed by atoms with van der Waals surface area (Å²) in [7, 11) is 0. The molecule has 1 aliphatic heterocycles. The first-order valence-electron chi connectivity index (χ1n) is 18.1. The minimum atomic E-state index is -1.45. The average molecular weight is 657 g/mol. The molecule has 2 unspecified atom stereocenters. The molecule has 0 amide bonds. The lowest BCUT2D eigenvalue weighted by Gasteiger charge is -2.41. The lowest BCUT2D eigenvalue weighted by atomic mass is 9.99. The Kier molecular flexibility index (Phi) is 23.7. The van der Waals surface area contributed by atoms with E-state index in [1.54, 1.807) is 13.0 Å². The largest absolute Gasteiger partial charge is 0.481 e. The minimum Gasteiger partial charge on any atom is -0.481 e. The van der Waals surface area contributed by atoms with Crippen molar-refractivity contribution in [1.29, 1.82) is 0 Å². The molecule has 1 heterocycles. The zero-order chi connectivity index (χ0) is 34.2. The first kappa shape index (κ1) is 42.0. The van der Waals surface area contributed by atoms with Gasteiger partial charge in [-0.1, -0.05) is 110 Å². The molecular formula is C36H64O10. The van der Waals surface area contributed by atoms with Gasteiger partial charge in [-0.15, -0.1) is 0 Å². The van der Waals surface area contributed by atoms with Crippen molar-refractivity contribution in [2.75, 3.05) is 0 Å². The van der Waals surface area contributed by atoms with Gasteiger partial charge in [-0.05, 0) is 39.0 Å². The lowest BCUT2D eigenvalue weighted by Crippen LogP contribution is -2.59. The number of ether oxygens (including phenoxy) is 4. The first-order chi connectivity index (χ1) is 22.1. The Hall–Kier alpha value is -2.01. The van der Waals surface area contributed by atoms with Crippen LogP contribution in [0.1, 0.15) is 156 Å². The number of carboxylic acids is 1. The molecule has 268 valence electrons. The van der Waals surface area contributed by atoms with Crippen LogP contribution < -0.4 is 0 Å². The normalized spacial score (nSPS) is 22.9. The molecule has 0 radical (unpaired) electrons. The lowest BCUT2D eigenvalue weighted by molar-refractivity contribution is -0.307. The number of allylic oxidation sites excluding steroid dienone is 1. The molecule has 0 aromatic heterocycles. The fraction of sp³-hybridized carbons (Fsp3) is 0.861. The Morgan fingerprint density at radius 2 is 1.28 bits per heavy atom. The van der Waals surface area contributed by atoms with Gasteiger partial charge < -0.3 is 34.3 Å². The summed E-state index contributed by atoms with van der Waals surface area (Å²) in [6.45, 7) is 8.00. The van der Waals surface area contributed by atoms with E-state index >= 15 is 0 Å². The summed E-state index contributed by atoms with van der Waals surface area (Å²) in [6, 6.07) is 0. The minimum absolute atomic E-state index is 0.148. The van der Waals surface area contributed by atoms with E-state index in [1.807, 2.05) is 0 Å². The number of carboxylic acid groups (broad SMARTS) is 1. The smallest absolute Gasteiger partial charge is 0.330 e. The third-order valence-corrected chi connectivity index (χ3v) is 8.45. The average Bonchev–Trinajstić information content (AvgIpc) is 3.00. The predicted molar refractivity (Wildman–Crippen MR) is 177 cm³/mol. The molecule has 1 aliphatic rings. The molecule has 1 fully saturated rings. The number of carbonyl (C=O) groups excluding carboxylic acids is 2. The molecule has 0 bridgehead atoms. The van der Waals surface area contributed by atoms with Gasteiger partial charge in [0.05, 0.1) is 25.0 Å². The monoisotopic (exact) mass is 656 g/mol. The molecule has 1 saturated heterocycles. The Balaban J connectivity index is 2.94. The summed E-state index contributed by atoms with van der Waals surface area (Å²) in [5, 5.41) is 30.7. The molecule has 0 spiro atoms. The molecule has 0 aromatic carbocycles. The molecule has 0 saturated carbocycles. The number of aliphatic carboxylic acids is 1. The van der Waals surface area contributed by atoms with Gasteiger partial charge >= 0.3 is 17.9 Å². The van der Waals surface area contributed by atoms with E-state index < -0.39 is 60.8 Å². The number of hydrogen-bond donors (Lipinski definition) is 3. The second kappa shape index (κ2) is 26.0. The van der Waals surface area contributed by atoms with Gasteiger partial charge in [-0.3, -0.25) is 9.59 Å². The first-order valence-corrected chi connectivity index (χ1v) is 18.1. The third kappa shape index (κ3) is 19.0. The topological polar surface area (TPSA) is 149 Å². The van der Waals surface area contributed by atoms with Gasteiger partial charge in [0.2, 0.25) is 0 Å². The van der Waals surface area contributed by atoms with Gasteiger partial charge in [-0.25, -0.2) is 4.79 Å². The SMILES string of the molecule is CCCCCCC/C=C/C(=O)O[C@H]1[C@H](OC(CCCCCCC)CC(=O)OC(CCCCCCC)CC(=O)O)O[C@@H](C)[C@H](O)[C@H]1O. The van der Waals surface area contributed by atoms with E-state index in [2.05, 4.69) is 20.8 Å². The highest BCUT2D eigenvalue weighted by Crippen LogP contribution is 2.28. The summed E-state index contributed by atoms with van der Waals surface area (Å²) in [4.78, 5) is 37.3. The van der Waals surface area contributed by atoms with E-state index in [1.165, 1.54) is 12.5 Å². The van der Waals surface area contributed by atoms with E-state index in [4.69, 9.17) is 18.9 Å². The number of aliphatic hydroxyl groups is 2. The fourth-order valence-electron chi connectivity index (χ4n) is 5.63. The molecule has 10 heteroatoms. The summed E-state index contributed by atoms with van der Waals surface area (Å²) in [5.41, 5.74) is 0. The van der Waals surface area contributed by atoms with Crippen molar-refractivity contribution in [3.05, 3.63) is 12.2 Å². The van der Waals surface area contributed by atoms with Crippen LogP contribution in [0.25, 0.3) is 0 Å². The molecule has 7 atom stereocenters. The standard InChI is InChI=1S/C36H64O10/c1-5-8-11-14-15-18-21-24-31(39)46-35-34(42)33(41)27(4)43-36(35)45-29(23-20-17-13-10-7-3)26-32(40)44-28(25-30(37)38)22-19-16-12-9-6-2/h21,24,27-29,33-36,41-42H,5-20,22-23,25-26H2,1-4H3,(H,37,38)/b24-21+/t27-,28?,29?,33-,34+,35+,36-/m0/s1. The Morgan fingerprint density at radius 3 is 1.85 bits per heavy atom. The highest BCUT2D eigenvalue weighted by molar-refractivity contribution is 5.82. The van der Waals surface area contributed by atoms with Crippen LogP contribution in [0.5, 0.6) is 0 Å². The van der Waals surface area contributed by atoms with Crippen LogP contribution in [-0.2, 0) is 33.3 Å². The second-order valence-electron chi connectivity index (χ2n) is 12.8. The van der Waals surface area contributed by atoms with Gasteiger partial charge in [0.15, 0.2) is 12.4 Å². The predicted octanol–water partition coefficient (Wildman–Crippen LogP) is 7.16. The van der Waals surface area contributed by atoms with Gasteiger partial charge in [-0.2, -0.15) is 0 Å². The van der Waals surface area contributed by atoms with Gasteiger partial charge in [0.1, 0.15) is 18.3 Å². The number of esters is 2. The molecule has 3 N–H and O–H groups in total. The van der Waals surface area contributed by atoms with Gasteiger partial charge in [0.25, 0.3) is 0 Å². The molecule has 1 rings (SSSR count). The molecule has 46 heavy (non-hydrogen) atoms. The quantitative estimate of drug-likeness (QED) is 0.0472.